The van der Waals surface area contributed by atoms with E-state index in [2.05, 4.69) is 10.2 Å². The van der Waals surface area contributed by atoms with Gasteiger partial charge in [-0.2, -0.15) is 8.42 Å². The first kappa shape index (κ1) is 37.0. The van der Waals surface area contributed by atoms with E-state index in [0.29, 0.717) is 56.4 Å². The highest BCUT2D eigenvalue weighted by Crippen LogP contribution is 2.40. The second kappa shape index (κ2) is 16.8. The maximum absolute atomic E-state index is 13.4. The molecule has 2 heterocycles. The molecule has 0 spiro atoms. The van der Waals surface area contributed by atoms with Crippen molar-refractivity contribution in [2.75, 3.05) is 54.1 Å². The molecular weight excluding hydrogens is 602 g/mol. The summed E-state index contributed by atoms with van der Waals surface area (Å²) in [6, 6.07) is 3.12. The fraction of sp³-hybridized carbons (Fsp3) is 0.679. The van der Waals surface area contributed by atoms with Crippen LogP contribution in [0.15, 0.2) is 12.1 Å². The Bertz CT molecular complexity index is 1220. The molecular formula is C28H45N3O12S. The van der Waals surface area contributed by atoms with Gasteiger partial charge >= 0.3 is 16.4 Å². The SMILES string of the molecule is COc1ccc(CN2CCN(C(=O)C(CC(C)C)NC(=O)C3OC3C(=O)OCC(C)C)CC2)c(OC)c1OC.O=S(=O)(O)O. The number of methoxy groups -OCH3 is 3. The first-order valence-corrected chi connectivity index (χ1v) is 15.6. The molecule has 15 nitrogen and oxygen atoms in total. The summed E-state index contributed by atoms with van der Waals surface area (Å²) in [5, 5.41) is 2.83. The maximum Gasteiger partial charge on any atom is 0.394 e. The van der Waals surface area contributed by atoms with Crippen molar-refractivity contribution in [2.24, 2.45) is 11.8 Å². The van der Waals surface area contributed by atoms with Crippen LogP contribution in [0, 0.1) is 11.8 Å². The Balaban J connectivity index is 0.00000125. The van der Waals surface area contributed by atoms with Gasteiger partial charge in [-0.25, -0.2) is 4.79 Å². The predicted octanol–water partition coefficient (Wildman–Crippen LogP) is 1.20. The largest absolute Gasteiger partial charge is 0.493 e. The van der Waals surface area contributed by atoms with Crippen molar-refractivity contribution in [3.63, 3.8) is 0 Å². The van der Waals surface area contributed by atoms with E-state index in [1.165, 1.54) is 0 Å². The Morgan fingerprint density at radius 1 is 0.932 bits per heavy atom. The predicted molar refractivity (Wildman–Crippen MR) is 158 cm³/mol. The third-order valence-corrected chi connectivity index (χ3v) is 6.73. The van der Waals surface area contributed by atoms with Crippen LogP contribution in [-0.2, 0) is 40.8 Å². The van der Waals surface area contributed by atoms with Gasteiger partial charge in [-0.1, -0.05) is 33.8 Å². The lowest BCUT2D eigenvalue weighted by Gasteiger charge is -2.37. The number of epoxide rings is 1. The minimum Gasteiger partial charge on any atom is -0.493 e. The number of ether oxygens (including phenoxy) is 5. The Morgan fingerprint density at radius 3 is 2.02 bits per heavy atom. The van der Waals surface area contributed by atoms with Gasteiger partial charge in [0.15, 0.2) is 23.7 Å². The zero-order valence-electron chi connectivity index (χ0n) is 26.3. The van der Waals surface area contributed by atoms with Crippen molar-refractivity contribution in [1.82, 2.24) is 15.1 Å². The van der Waals surface area contributed by atoms with Crippen molar-refractivity contribution < 1.29 is 55.6 Å². The van der Waals surface area contributed by atoms with E-state index >= 15 is 0 Å². The summed E-state index contributed by atoms with van der Waals surface area (Å²) in [5.74, 6) is 1.02. The molecule has 44 heavy (non-hydrogen) atoms. The van der Waals surface area contributed by atoms with Gasteiger partial charge in [-0.15, -0.1) is 0 Å². The highest BCUT2D eigenvalue weighted by molar-refractivity contribution is 7.79. The summed E-state index contributed by atoms with van der Waals surface area (Å²) in [6.45, 7) is 11.2. The molecule has 0 aromatic heterocycles. The molecule has 0 saturated carbocycles. The van der Waals surface area contributed by atoms with E-state index in [0.717, 1.165) is 5.56 Å². The van der Waals surface area contributed by atoms with Crippen LogP contribution in [0.2, 0.25) is 0 Å². The van der Waals surface area contributed by atoms with Crippen LogP contribution in [0.3, 0.4) is 0 Å². The van der Waals surface area contributed by atoms with Gasteiger partial charge < -0.3 is 33.9 Å². The lowest BCUT2D eigenvalue weighted by Crippen LogP contribution is -2.55. The molecule has 16 heteroatoms. The number of nitrogens with one attached hydrogen (secondary N) is 1. The molecule has 2 saturated heterocycles. The van der Waals surface area contributed by atoms with Gasteiger partial charge in [0.05, 0.1) is 27.9 Å². The van der Waals surface area contributed by atoms with Crippen LogP contribution in [-0.4, -0.2) is 117 Å². The summed E-state index contributed by atoms with van der Waals surface area (Å²) in [6.07, 6.45) is -1.33. The first-order valence-electron chi connectivity index (χ1n) is 14.2. The third kappa shape index (κ3) is 11.7. The second-order valence-corrected chi connectivity index (χ2v) is 12.1. The Kier molecular flexibility index (Phi) is 14.1. The lowest BCUT2D eigenvalue weighted by molar-refractivity contribution is -0.146. The van der Waals surface area contributed by atoms with E-state index in [1.807, 2.05) is 39.8 Å². The molecule has 1 aromatic rings. The number of carbonyl (C=O) groups excluding carboxylic acids is 3. The normalized spacial score (nSPS) is 19.0. The number of benzene rings is 1. The first-order chi connectivity index (χ1) is 20.6. The quantitative estimate of drug-likeness (QED) is 0.157. The minimum atomic E-state index is -4.67. The number of esters is 1. The highest BCUT2D eigenvalue weighted by atomic mass is 32.3. The van der Waals surface area contributed by atoms with Crippen molar-refractivity contribution in [3.05, 3.63) is 17.7 Å². The molecule has 0 bridgehead atoms. The zero-order valence-corrected chi connectivity index (χ0v) is 27.1. The summed E-state index contributed by atoms with van der Waals surface area (Å²) in [5.41, 5.74) is 0.964. The van der Waals surface area contributed by atoms with E-state index < -0.39 is 40.5 Å². The Labute approximate surface area is 258 Å². The van der Waals surface area contributed by atoms with Crippen molar-refractivity contribution >= 4 is 28.2 Å². The van der Waals surface area contributed by atoms with E-state index in [9.17, 15) is 14.4 Å². The smallest absolute Gasteiger partial charge is 0.394 e. The van der Waals surface area contributed by atoms with Crippen LogP contribution >= 0.6 is 0 Å². The average Bonchev–Trinajstić information content (AvgIpc) is 3.75. The monoisotopic (exact) mass is 647 g/mol. The molecule has 2 aliphatic heterocycles. The molecule has 250 valence electrons. The number of piperazine rings is 1. The third-order valence-electron chi connectivity index (χ3n) is 6.73. The molecule has 3 atom stereocenters. The van der Waals surface area contributed by atoms with Crippen LogP contribution in [0.4, 0.5) is 0 Å². The summed E-state index contributed by atoms with van der Waals surface area (Å²) >= 11 is 0. The average molecular weight is 648 g/mol. The van der Waals surface area contributed by atoms with Crippen molar-refractivity contribution in [2.45, 2.75) is 58.9 Å². The van der Waals surface area contributed by atoms with Crippen LogP contribution in [0.25, 0.3) is 0 Å². The minimum absolute atomic E-state index is 0.125. The van der Waals surface area contributed by atoms with Gasteiger partial charge in [-0.3, -0.25) is 23.6 Å². The summed E-state index contributed by atoms with van der Waals surface area (Å²) in [4.78, 5) is 42.4. The number of nitrogens with zero attached hydrogens (tertiary/aromatic N) is 2. The van der Waals surface area contributed by atoms with Gasteiger partial charge in [-0.05, 0) is 24.3 Å². The fourth-order valence-corrected chi connectivity index (χ4v) is 4.64. The number of carbonyl (C=O) groups is 3. The highest BCUT2D eigenvalue weighted by Gasteiger charge is 2.52. The molecule has 1 aromatic carbocycles. The molecule has 3 unspecified atom stereocenters. The number of rotatable bonds is 13. The maximum atomic E-state index is 13.4. The molecule has 2 fully saturated rings. The van der Waals surface area contributed by atoms with Crippen LogP contribution in [0.1, 0.15) is 39.7 Å². The van der Waals surface area contributed by atoms with Gasteiger partial charge in [0.25, 0.3) is 5.91 Å². The number of hydrogen-bond acceptors (Lipinski definition) is 11. The van der Waals surface area contributed by atoms with Crippen molar-refractivity contribution in [3.8, 4) is 17.2 Å². The van der Waals surface area contributed by atoms with Crippen LogP contribution < -0.4 is 19.5 Å². The number of amides is 2. The summed E-state index contributed by atoms with van der Waals surface area (Å²) < 4.78 is 58.5. The second-order valence-electron chi connectivity index (χ2n) is 11.2. The number of hydrogen-bond donors (Lipinski definition) is 3. The Morgan fingerprint density at radius 2 is 1.52 bits per heavy atom. The standard InChI is InChI=1S/C28H43N3O8.H2O4S/c1-17(2)14-20(29-26(32)24-25(39-24)28(34)38-16-18(3)4)27(33)31-12-10-30(11-13-31)15-19-8-9-21(35-5)23(37-7)22(19)36-6;1-5(2,3)4/h8-9,17-18,20,24-25H,10-16H2,1-7H3,(H,29,32);(H2,1,2,3,4). The molecule has 3 rings (SSSR count). The lowest BCUT2D eigenvalue weighted by atomic mass is 10.0. The molecule has 2 aliphatic rings. The van der Waals surface area contributed by atoms with E-state index in [1.54, 1.807) is 26.2 Å². The van der Waals surface area contributed by atoms with Gasteiger partial charge in [0.2, 0.25) is 11.7 Å². The van der Waals surface area contributed by atoms with Gasteiger partial charge in [0, 0.05) is 38.3 Å². The molecule has 2 amide bonds. The van der Waals surface area contributed by atoms with Crippen molar-refractivity contribution in [1.29, 1.82) is 0 Å². The molecule has 3 N–H and O–H groups in total. The summed E-state index contributed by atoms with van der Waals surface area (Å²) in [7, 11) is 0.0963. The van der Waals surface area contributed by atoms with E-state index in [-0.39, 0.29) is 24.3 Å². The zero-order chi connectivity index (χ0) is 33.2. The molecule has 0 aliphatic carbocycles. The van der Waals surface area contributed by atoms with E-state index in [4.69, 9.17) is 41.2 Å². The van der Waals surface area contributed by atoms with Gasteiger partial charge in [0.1, 0.15) is 6.04 Å². The van der Waals surface area contributed by atoms with Crippen LogP contribution in [0.5, 0.6) is 17.2 Å². The Hall–Kier alpha value is -3.18. The fourth-order valence-electron chi connectivity index (χ4n) is 4.64. The molecule has 0 radical (unpaired) electrons. The topological polar surface area (TPSA) is 194 Å².